The van der Waals surface area contributed by atoms with Crippen LogP contribution in [0.4, 0.5) is 0 Å². The highest BCUT2D eigenvalue weighted by Gasteiger charge is 2.24. The molecule has 0 unspecified atom stereocenters. The Kier molecular flexibility index (Phi) is 6.94. The third-order valence-corrected chi connectivity index (χ3v) is 6.96. The summed E-state index contributed by atoms with van der Waals surface area (Å²) in [7, 11) is 0. The lowest BCUT2D eigenvalue weighted by Gasteiger charge is -2.40. The Hall–Kier alpha value is -1.07. The summed E-state index contributed by atoms with van der Waals surface area (Å²) < 4.78 is 1.88. The first-order valence-electron chi connectivity index (χ1n) is 10.7. The molecule has 1 saturated carbocycles. The maximum atomic E-state index is 6.12. The molecule has 28 heavy (non-hydrogen) atoms. The molecular formula is C22H30Cl2N4. The van der Waals surface area contributed by atoms with E-state index in [1.807, 2.05) is 29.1 Å². The highest BCUT2D eigenvalue weighted by Crippen LogP contribution is 2.25. The molecule has 0 atom stereocenters. The molecule has 0 amide bonds. The second-order valence-electron chi connectivity index (χ2n) is 8.12. The van der Waals surface area contributed by atoms with Crippen molar-refractivity contribution in [2.45, 2.75) is 51.0 Å². The molecule has 6 heteroatoms. The van der Waals surface area contributed by atoms with E-state index in [0.717, 1.165) is 36.8 Å². The summed E-state index contributed by atoms with van der Waals surface area (Å²) in [5.41, 5.74) is 2.08. The van der Waals surface area contributed by atoms with E-state index >= 15 is 0 Å². The highest BCUT2D eigenvalue weighted by atomic mass is 35.5. The Balaban J connectivity index is 1.21. The number of nitrogens with zero attached hydrogens (tertiary/aromatic N) is 4. The van der Waals surface area contributed by atoms with Crippen molar-refractivity contribution in [3.05, 3.63) is 46.2 Å². The van der Waals surface area contributed by atoms with Gasteiger partial charge in [-0.25, -0.2) is 4.68 Å². The zero-order valence-electron chi connectivity index (χ0n) is 16.5. The van der Waals surface area contributed by atoms with Gasteiger partial charge in [-0.1, -0.05) is 42.5 Å². The van der Waals surface area contributed by atoms with Gasteiger partial charge in [0.2, 0.25) is 0 Å². The summed E-state index contributed by atoms with van der Waals surface area (Å²) in [5, 5.41) is 5.82. The Morgan fingerprint density at radius 2 is 1.71 bits per heavy atom. The molecule has 0 radical (unpaired) electrons. The molecule has 2 fully saturated rings. The summed E-state index contributed by atoms with van der Waals surface area (Å²) in [5.74, 6) is 0. The minimum absolute atomic E-state index is 0.559. The third-order valence-electron chi connectivity index (χ3n) is 6.22. The van der Waals surface area contributed by atoms with Gasteiger partial charge in [0.05, 0.1) is 21.4 Å². The van der Waals surface area contributed by atoms with Gasteiger partial charge in [-0.2, -0.15) is 5.10 Å². The van der Waals surface area contributed by atoms with Crippen LogP contribution in [0.5, 0.6) is 0 Å². The maximum absolute atomic E-state index is 6.12. The lowest BCUT2D eigenvalue weighted by molar-refractivity contribution is 0.0785. The monoisotopic (exact) mass is 420 g/mol. The molecule has 2 heterocycles. The number of aryl methyl sites for hydroxylation is 1. The van der Waals surface area contributed by atoms with Gasteiger partial charge in [-0.15, -0.1) is 0 Å². The number of rotatable bonds is 6. The van der Waals surface area contributed by atoms with Crippen molar-refractivity contribution in [2.75, 3.05) is 32.7 Å². The molecule has 152 valence electrons. The van der Waals surface area contributed by atoms with E-state index < -0.39 is 0 Å². The zero-order valence-corrected chi connectivity index (χ0v) is 18.0. The lowest BCUT2D eigenvalue weighted by atomic mass is 9.94. The minimum atomic E-state index is 0.559. The standard InChI is InChI=1S/C22H30Cl2N4/c23-21-9-8-20(17-22(21)24)28-12-10-18(25-28)5-4-11-26-13-15-27(16-14-26)19-6-2-1-3-7-19/h8-10,12,17,19H,1-7,11,13-16H2. The fraction of sp³-hybridized carbons (Fsp3) is 0.591. The van der Waals surface area contributed by atoms with Crippen LogP contribution in [0.2, 0.25) is 10.0 Å². The highest BCUT2D eigenvalue weighted by molar-refractivity contribution is 6.42. The van der Waals surface area contributed by atoms with E-state index in [4.69, 9.17) is 28.3 Å². The number of benzene rings is 1. The fourth-order valence-electron chi connectivity index (χ4n) is 4.55. The molecule has 1 aliphatic carbocycles. The normalized spacial score (nSPS) is 19.9. The summed E-state index contributed by atoms with van der Waals surface area (Å²) in [6.07, 6.45) is 11.3. The van der Waals surface area contributed by atoms with E-state index in [2.05, 4.69) is 15.9 Å². The number of hydrogen-bond acceptors (Lipinski definition) is 3. The molecule has 4 rings (SSSR count). The molecule has 0 spiro atoms. The van der Waals surface area contributed by atoms with E-state index in [1.54, 1.807) is 0 Å². The smallest absolute Gasteiger partial charge is 0.0661 e. The average Bonchev–Trinajstić information content (AvgIpc) is 3.20. The number of halogens is 2. The SMILES string of the molecule is Clc1ccc(-n2ccc(CCCN3CCN(C4CCCCC4)CC3)n2)cc1Cl. The second-order valence-corrected chi connectivity index (χ2v) is 8.94. The molecule has 2 aliphatic rings. The Bertz CT molecular complexity index is 762. The topological polar surface area (TPSA) is 24.3 Å². The molecule has 1 saturated heterocycles. The molecule has 1 aromatic carbocycles. The van der Waals surface area contributed by atoms with Gasteiger partial charge in [-0.3, -0.25) is 4.90 Å². The van der Waals surface area contributed by atoms with Crippen molar-refractivity contribution in [1.82, 2.24) is 19.6 Å². The van der Waals surface area contributed by atoms with Crippen LogP contribution in [-0.2, 0) is 6.42 Å². The Labute approximate surface area is 178 Å². The third kappa shape index (κ3) is 5.10. The number of aromatic nitrogens is 2. The van der Waals surface area contributed by atoms with Gasteiger partial charge in [0, 0.05) is 38.4 Å². The van der Waals surface area contributed by atoms with E-state index in [9.17, 15) is 0 Å². The second kappa shape index (κ2) is 9.62. The quantitative estimate of drug-likeness (QED) is 0.652. The Morgan fingerprint density at radius 3 is 2.46 bits per heavy atom. The van der Waals surface area contributed by atoms with Crippen LogP contribution in [0.25, 0.3) is 5.69 Å². The maximum Gasteiger partial charge on any atom is 0.0661 e. The van der Waals surface area contributed by atoms with Crippen molar-refractivity contribution in [1.29, 1.82) is 0 Å². The van der Waals surface area contributed by atoms with E-state index in [-0.39, 0.29) is 0 Å². The lowest BCUT2D eigenvalue weighted by Crippen LogP contribution is -2.50. The Morgan fingerprint density at radius 1 is 0.929 bits per heavy atom. The molecular weight excluding hydrogens is 391 g/mol. The molecule has 0 bridgehead atoms. The number of hydrogen-bond donors (Lipinski definition) is 0. The van der Waals surface area contributed by atoms with Gasteiger partial charge in [-0.05, 0) is 56.5 Å². The van der Waals surface area contributed by atoms with Gasteiger partial charge in [0.25, 0.3) is 0 Å². The summed E-state index contributed by atoms with van der Waals surface area (Å²) in [6, 6.07) is 8.57. The first kappa shape index (κ1) is 20.2. The van der Waals surface area contributed by atoms with Gasteiger partial charge in [0.15, 0.2) is 0 Å². The minimum Gasteiger partial charge on any atom is -0.301 e. The van der Waals surface area contributed by atoms with Crippen LogP contribution in [0.15, 0.2) is 30.5 Å². The molecule has 1 aliphatic heterocycles. The van der Waals surface area contributed by atoms with Crippen molar-refractivity contribution < 1.29 is 0 Å². The summed E-state index contributed by atoms with van der Waals surface area (Å²) in [4.78, 5) is 5.36. The van der Waals surface area contributed by atoms with Crippen LogP contribution in [0, 0.1) is 0 Å². The molecule has 2 aromatic rings. The molecule has 1 aromatic heterocycles. The molecule has 4 nitrogen and oxygen atoms in total. The predicted molar refractivity (Wildman–Crippen MR) is 117 cm³/mol. The van der Waals surface area contributed by atoms with E-state index in [0.29, 0.717) is 10.0 Å². The van der Waals surface area contributed by atoms with Crippen molar-refractivity contribution >= 4 is 23.2 Å². The first-order chi connectivity index (χ1) is 13.7. The predicted octanol–water partition coefficient (Wildman–Crippen LogP) is 5.06. The first-order valence-corrected chi connectivity index (χ1v) is 11.4. The number of piperazine rings is 1. The van der Waals surface area contributed by atoms with Gasteiger partial charge >= 0.3 is 0 Å². The van der Waals surface area contributed by atoms with Crippen molar-refractivity contribution in [2.24, 2.45) is 0 Å². The summed E-state index contributed by atoms with van der Waals surface area (Å²) in [6.45, 7) is 6.09. The van der Waals surface area contributed by atoms with E-state index in [1.165, 1.54) is 58.3 Å². The van der Waals surface area contributed by atoms with Crippen LogP contribution in [0.3, 0.4) is 0 Å². The van der Waals surface area contributed by atoms with Crippen LogP contribution < -0.4 is 0 Å². The van der Waals surface area contributed by atoms with Crippen LogP contribution >= 0.6 is 23.2 Å². The average molecular weight is 421 g/mol. The fourth-order valence-corrected chi connectivity index (χ4v) is 4.84. The van der Waals surface area contributed by atoms with Crippen LogP contribution in [-0.4, -0.2) is 58.3 Å². The van der Waals surface area contributed by atoms with Gasteiger partial charge in [0.1, 0.15) is 0 Å². The summed E-state index contributed by atoms with van der Waals surface area (Å²) >= 11 is 12.1. The van der Waals surface area contributed by atoms with Crippen molar-refractivity contribution in [3.63, 3.8) is 0 Å². The van der Waals surface area contributed by atoms with Crippen LogP contribution in [0.1, 0.15) is 44.2 Å². The van der Waals surface area contributed by atoms with Crippen molar-refractivity contribution in [3.8, 4) is 5.69 Å². The zero-order chi connectivity index (χ0) is 19.3. The van der Waals surface area contributed by atoms with Gasteiger partial charge < -0.3 is 4.90 Å². The molecule has 0 N–H and O–H groups in total. The largest absolute Gasteiger partial charge is 0.301 e.